The van der Waals surface area contributed by atoms with Gasteiger partial charge in [-0.25, -0.2) is 0 Å². The van der Waals surface area contributed by atoms with Gasteiger partial charge in [0, 0.05) is 23.9 Å². The molecule has 6 nitrogen and oxygen atoms in total. The Balaban J connectivity index is 1.63. The van der Waals surface area contributed by atoms with E-state index in [4.69, 9.17) is 0 Å². The highest BCUT2D eigenvalue weighted by molar-refractivity contribution is 6.09. The number of fused-ring (bicyclic) bond motifs is 2. The Kier molecular flexibility index (Phi) is 3.80. The maximum atomic E-state index is 12.7. The first-order valence-electron chi connectivity index (χ1n) is 8.37. The van der Waals surface area contributed by atoms with Crippen molar-refractivity contribution < 1.29 is 9.59 Å². The summed E-state index contributed by atoms with van der Waals surface area (Å²) in [5, 5.41) is 11.9. The molecule has 2 aromatic carbocycles. The van der Waals surface area contributed by atoms with E-state index < -0.39 is 0 Å². The van der Waals surface area contributed by atoms with Gasteiger partial charge in [0.05, 0.1) is 28.8 Å². The van der Waals surface area contributed by atoms with Gasteiger partial charge in [0.1, 0.15) is 0 Å². The third-order valence-electron chi connectivity index (χ3n) is 4.51. The van der Waals surface area contributed by atoms with Crippen LogP contribution in [0.3, 0.4) is 0 Å². The van der Waals surface area contributed by atoms with E-state index in [1.807, 2.05) is 49.4 Å². The minimum atomic E-state index is -0.231. The van der Waals surface area contributed by atoms with E-state index in [1.165, 1.54) is 11.5 Å². The fraction of sp³-hybridized carbons (Fsp3) is 0.150. The molecule has 0 bridgehead atoms. The van der Waals surface area contributed by atoms with Crippen molar-refractivity contribution in [3.8, 4) is 0 Å². The Labute approximate surface area is 149 Å². The highest BCUT2D eigenvalue weighted by atomic mass is 16.2. The number of carbonyl (C=O) groups is 2. The van der Waals surface area contributed by atoms with Crippen molar-refractivity contribution in [2.75, 3.05) is 0 Å². The number of H-pyrrole nitrogens is 1. The lowest BCUT2D eigenvalue weighted by Gasteiger charge is -2.03. The fourth-order valence-corrected chi connectivity index (χ4v) is 3.20. The van der Waals surface area contributed by atoms with E-state index >= 15 is 0 Å². The minimum Gasteiger partial charge on any atom is -0.346 e. The van der Waals surface area contributed by atoms with Gasteiger partial charge in [-0.1, -0.05) is 29.8 Å². The van der Waals surface area contributed by atoms with Crippen molar-refractivity contribution in [3.05, 3.63) is 65.5 Å². The summed E-state index contributed by atoms with van der Waals surface area (Å²) in [6.45, 7) is 3.81. The molecular formula is C20H18N4O2. The maximum Gasteiger partial charge on any atom is 0.253 e. The van der Waals surface area contributed by atoms with Crippen molar-refractivity contribution in [1.82, 2.24) is 20.1 Å². The van der Waals surface area contributed by atoms with Crippen LogP contribution in [0, 0.1) is 6.92 Å². The molecule has 0 atom stereocenters. The molecule has 0 radical (unpaired) electrons. The number of hydrogen-bond donors (Lipinski definition) is 2. The van der Waals surface area contributed by atoms with E-state index in [1.54, 1.807) is 6.20 Å². The first-order chi connectivity index (χ1) is 12.5. The first-order valence-corrected chi connectivity index (χ1v) is 8.37. The van der Waals surface area contributed by atoms with Gasteiger partial charge in [-0.05, 0) is 25.1 Å². The molecule has 4 rings (SSSR count). The number of aromatic amines is 1. The molecule has 0 saturated heterocycles. The third kappa shape index (κ3) is 2.65. The zero-order valence-corrected chi connectivity index (χ0v) is 14.5. The highest BCUT2D eigenvalue weighted by Crippen LogP contribution is 2.22. The largest absolute Gasteiger partial charge is 0.346 e. The number of aromatic nitrogens is 3. The molecule has 1 amide bonds. The van der Waals surface area contributed by atoms with Crippen LogP contribution in [-0.4, -0.2) is 26.6 Å². The smallest absolute Gasteiger partial charge is 0.253 e. The number of nitrogens with zero attached hydrogens (tertiary/aromatic N) is 2. The van der Waals surface area contributed by atoms with E-state index in [0.29, 0.717) is 12.1 Å². The predicted molar refractivity (Wildman–Crippen MR) is 100 cm³/mol. The molecule has 26 heavy (non-hydrogen) atoms. The second-order valence-corrected chi connectivity index (χ2v) is 6.35. The van der Waals surface area contributed by atoms with E-state index in [0.717, 1.165) is 33.1 Å². The monoisotopic (exact) mass is 346 g/mol. The first kappa shape index (κ1) is 16.1. The van der Waals surface area contributed by atoms with Crippen LogP contribution in [0.5, 0.6) is 0 Å². The Morgan fingerprint density at radius 2 is 1.96 bits per heavy atom. The Morgan fingerprint density at radius 1 is 1.15 bits per heavy atom. The van der Waals surface area contributed by atoms with E-state index in [9.17, 15) is 9.59 Å². The number of para-hydroxylation sites is 1. The van der Waals surface area contributed by atoms with Gasteiger partial charge in [0.2, 0.25) is 5.91 Å². The van der Waals surface area contributed by atoms with Crippen molar-refractivity contribution >= 4 is 33.6 Å². The second kappa shape index (κ2) is 6.15. The second-order valence-electron chi connectivity index (χ2n) is 6.35. The normalized spacial score (nSPS) is 11.2. The molecule has 4 aromatic rings. The van der Waals surface area contributed by atoms with Crippen LogP contribution < -0.4 is 5.32 Å². The van der Waals surface area contributed by atoms with Crippen LogP contribution in [0.25, 0.3) is 21.8 Å². The van der Waals surface area contributed by atoms with E-state index in [2.05, 4.69) is 15.5 Å². The molecule has 0 spiro atoms. The quantitative estimate of drug-likeness (QED) is 0.596. The number of hydrogen-bond acceptors (Lipinski definition) is 3. The van der Waals surface area contributed by atoms with E-state index in [-0.39, 0.29) is 11.8 Å². The lowest BCUT2D eigenvalue weighted by atomic mass is 10.1. The van der Waals surface area contributed by atoms with Gasteiger partial charge >= 0.3 is 0 Å². The SMILES string of the molecule is CC(=O)n1cc(C(=O)NCc2n[nH]c3ccc(C)cc23)c2ccccc21. The summed E-state index contributed by atoms with van der Waals surface area (Å²) in [7, 11) is 0. The molecule has 0 saturated carbocycles. The van der Waals surface area contributed by atoms with Crippen LogP contribution in [0.15, 0.2) is 48.7 Å². The third-order valence-corrected chi connectivity index (χ3v) is 4.51. The Bertz CT molecular complexity index is 1150. The predicted octanol–water partition coefficient (Wildman–Crippen LogP) is 3.42. The number of aryl methyl sites for hydroxylation is 1. The van der Waals surface area contributed by atoms with Crippen molar-refractivity contribution in [2.24, 2.45) is 0 Å². The van der Waals surface area contributed by atoms with Crippen LogP contribution in [-0.2, 0) is 6.54 Å². The Hall–Kier alpha value is -3.41. The summed E-state index contributed by atoms with van der Waals surface area (Å²) in [4.78, 5) is 24.6. The molecule has 130 valence electrons. The Morgan fingerprint density at radius 3 is 2.77 bits per heavy atom. The zero-order chi connectivity index (χ0) is 18.3. The average Bonchev–Trinajstić information content (AvgIpc) is 3.21. The summed E-state index contributed by atoms with van der Waals surface area (Å²) >= 11 is 0. The molecular weight excluding hydrogens is 328 g/mol. The molecule has 0 aliphatic carbocycles. The van der Waals surface area contributed by atoms with Crippen LogP contribution in [0.2, 0.25) is 0 Å². The average molecular weight is 346 g/mol. The standard InChI is InChI=1S/C20H18N4O2/c1-12-7-8-17-15(9-12)18(23-22-17)10-21-20(26)16-11-24(13(2)25)19-6-4-3-5-14(16)19/h3-9,11H,10H2,1-2H3,(H,21,26)(H,22,23). The lowest BCUT2D eigenvalue weighted by Crippen LogP contribution is -2.23. The zero-order valence-electron chi connectivity index (χ0n) is 14.5. The number of nitrogens with one attached hydrogen (secondary N) is 2. The van der Waals surface area contributed by atoms with Crippen molar-refractivity contribution in [1.29, 1.82) is 0 Å². The topological polar surface area (TPSA) is 79.8 Å². The summed E-state index contributed by atoms with van der Waals surface area (Å²) in [5.74, 6) is -0.362. The number of rotatable bonds is 3. The maximum absolute atomic E-state index is 12.7. The van der Waals surface area contributed by atoms with Gasteiger partial charge in [-0.15, -0.1) is 0 Å². The molecule has 2 N–H and O–H groups in total. The van der Waals surface area contributed by atoms with Crippen molar-refractivity contribution in [3.63, 3.8) is 0 Å². The molecule has 2 heterocycles. The van der Waals surface area contributed by atoms with Gasteiger partial charge in [0.25, 0.3) is 5.91 Å². The summed E-state index contributed by atoms with van der Waals surface area (Å²) in [6.07, 6.45) is 1.59. The minimum absolute atomic E-state index is 0.131. The van der Waals surface area contributed by atoms with Gasteiger partial charge < -0.3 is 5.32 Å². The highest BCUT2D eigenvalue weighted by Gasteiger charge is 2.17. The van der Waals surface area contributed by atoms with Crippen LogP contribution >= 0.6 is 0 Å². The van der Waals surface area contributed by atoms with Crippen LogP contribution in [0.4, 0.5) is 0 Å². The summed E-state index contributed by atoms with van der Waals surface area (Å²) < 4.78 is 1.50. The fourth-order valence-electron chi connectivity index (χ4n) is 3.20. The van der Waals surface area contributed by atoms with Gasteiger partial charge in [0.15, 0.2) is 0 Å². The summed E-state index contributed by atoms with van der Waals surface area (Å²) in [5.41, 5.74) is 4.06. The molecule has 0 fully saturated rings. The molecule has 2 aromatic heterocycles. The summed E-state index contributed by atoms with van der Waals surface area (Å²) in [6, 6.07) is 13.4. The number of amides is 1. The molecule has 0 aliphatic rings. The molecule has 6 heteroatoms. The number of benzene rings is 2. The van der Waals surface area contributed by atoms with Crippen molar-refractivity contribution in [2.45, 2.75) is 20.4 Å². The lowest BCUT2D eigenvalue weighted by molar-refractivity contribution is 0.0941. The molecule has 0 unspecified atom stereocenters. The van der Waals surface area contributed by atoms with Gasteiger partial charge in [-0.3, -0.25) is 19.3 Å². The molecule has 0 aliphatic heterocycles. The number of carbonyl (C=O) groups excluding carboxylic acids is 2. The van der Waals surface area contributed by atoms with Gasteiger partial charge in [-0.2, -0.15) is 5.10 Å². The van der Waals surface area contributed by atoms with Crippen LogP contribution in [0.1, 0.15) is 33.3 Å².